The van der Waals surface area contributed by atoms with E-state index >= 15 is 0 Å². The maximum absolute atomic E-state index is 9.48. The van der Waals surface area contributed by atoms with Gasteiger partial charge in [-0.2, -0.15) is 0 Å². The second kappa shape index (κ2) is 7.43. The number of hydrogen-bond acceptors (Lipinski definition) is 2. The van der Waals surface area contributed by atoms with Gasteiger partial charge in [0.15, 0.2) is 0 Å². The smallest absolute Gasteiger partial charge is 0.0594 e. The van der Waals surface area contributed by atoms with Crippen LogP contribution in [0.15, 0.2) is 30.3 Å². The Hall–Kier alpha value is -0.860. The molecule has 0 fully saturated rings. The molecule has 0 amide bonds. The zero-order chi connectivity index (χ0) is 11.7. The van der Waals surface area contributed by atoms with E-state index in [9.17, 15) is 5.11 Å². The van der Waals surface area contributed by atoms with Crippen LogP contribution in [0.5, 0.6) is 0 Å². The van der Waals surface area contributed by atoms with E-state index < -0.39 is 5.60 Å². The molecule has 0 aliphatic carbocycles. The molecule has 15 heavy (non-hydrogen) atoms. The maximum atomic E-state index is 9.48. The van der Waals surface area contributed by atoms with Crippen molar-refractivity contribution < 1.29 is 10.2 Å². The van der Waals surface area contributed by atoms with Gasteiger partial charge in [0.1, 0.15) is 0 Å². The monoisotopic (exact) mass is 210 g/mol. The van der Waals surface area contributed by atoms with Crippen molar-refractivity contribution in [3.05, 3.63) is 35.9 Å². The van der Waals surface area contributed by atoms with Gasteiger partial charge in [0, 0.05) is 6.61 Å². The Balaban J connectivity index is 0.000000583. The molecule has 0 spiro atoms. The van der Waals surface area contributed by atoms with E-state index in [1.807, 2.05) is 32.0 Å². The van der Waals surface area contributed by atoms with Crippen molar-refractivity contribution in [3.8, 4) is 0 Å². The van der Waals surface area contributed by atoms with Gasteiger partial charge in [0.05, 0.1) is 5.60 Å². The number of aryl methyl sites for hydroxylation is 1. The Kier molecular flexibility index (Phi) is 7.01. The summed E-state index contributed by atoms with van der Waals surface area (Å²) >= 11 is 0. The summed E-state index contributed by atoms with van der Waals surface area (Å²) in [5.74, 6) is 0. The summed E-state index contributed by atoms with van der Waals surface area (Å²) in [6.07, 6.45) is 1.77. The van der Waals surface area contributed by atoms with Crippen LogP contribution in [0, 0.1) is 0 Å². The normalized spacial score (nSPS) is 10.5. The predicted octanol–water partition coefficient (Wildman–Crippen LogP) is 2.39. The molecule has 2 heteroatoms. The second-order valence-electron chi connectivity index (χ2n) is 4.11. The first-order chi connectivity index (χ1) is 6.99. The molecule has 1 aromatic rings. The van der Waals surface area contributed by atoms with Gasteiger partial charge in [0.2, 0.25) is 0 Å². The van der Waals surface area contributed by atoms with Gasteiger partial charge in [-0.25, -0.2) is 0 Å². The van der Waals surface area contributed by atoms with Crippen molar-refractivity contribution in [2.45, 2.75) is 39.2 Å². The molecule has 0 heterocycles. The molecule has 0 aromatic heterocycles. The second-order valence-corrected chi connectivity index (χ2v) is 4.11. The van der Waals surface area contributed by atoms with Crippen molar-refractivity contribution in [2.24, 2.45) is 0 Å². The van der Waals surface area contributed by atoms with Gasteiger partial charge in [-0.1, -0.05) is 30.3 Å². The lowest BCUT2D eigenvalue weighted by molar-refractivity contribution is 0.0714. The van der Waals surface area contributed by atoms with E-state index in [-0.39, 0.29) is 6.61 Å². The highest BCUT2D eigenvalue weighted by atomic mass is 16.3. The van der Waals surface area contributed by atoms with Crippen LogP contribution in [-0.2, 0) is 6.42 Å². The molecule has 0 saturated carbocycles. The van der Waals surface area contributed by atoms with Crippen LogP contribution in [0.2, 0.25) is 0 Å². The van der Waals surface area contributed by atoms with Gasteiger partial charge in [-0.15, -0.1) is 0 Å². The molecule has 0 saturated heterocycles. The number of aliphatic hydroxyl groups excluding tert-OH is 1. The third kappa shape index (κ3) is 9.44. The molecule has 0 atom stereocenters. The van der Waals surface area contributed by atoms with Crippen LogP contribution in [-0.4, -0.2) is 22.4 Å². The number of rotatable bonds is 3. The van der Waals surface area contributed by atoms with Crippen LogP contribution >= 0.6 is 0 Å². The number of hydrogen-bond donors (Lipinski definition) is 2. The van der Waals surface area contributed by atoms with Crippen LogP contribution in [0.3, 0.4) is 0 Å². The minimum absolute atomic E-state index is 0.250. The zero-order valence-corrected chi connectivity index (χ0v) is 9.90. The molecular formula is C13H22O2. The molecule has 2 N–H and O–H groups in total. The summed E-state index contributed by atoms with van der Waals surface area (Å²) in [6.45, 7) is 5.62. The molecule has 0 aliphatic rings. The SMILES string of the molecule is CC(C)(O)CCc1ccccc1.CCO. The standard InChI is InChI=1S/C11H16O.C2H6O/c1-11(2,12)9-8-10-6-4-3-5-7-10;1-2-3/h3-7,12H,8-9H2,1-2H3;3H,2H2,1H3. The highest BCUT2D eigenvalue weighted by Crippen LogP contribution is 2.12. The summed E-state index contributed by atoms with van der Waals surface area (Å²) in [5.41, 5.74) is 0.746. The topological polar surface area (TPSA) is 40.5 Å². The van der Waals surface area contributed by atoms with Gasteiger partial charge in [0.25, 0.3) is 0 Å². The minimum Gasteiger partial charge on any atom is -0.397 e. The van der Waals surface area contributed by atoms with E-state index in [1.54, 1.807) is 6.92 Å². The fourth-order valence-corrected chi connectivity index (χ4v) is 1.09. The molecule has 86 valence electrons. The van der Waals surface area contributed by atoms with Gasteiger partial charge < -0.3 is 10.2 Å². The van der Waals surface area contributed by atoms with Crippen molar-refractivity contribution in [3.63, 3.8) is 0 Å². The molecule has 2 nitrogen and oxygen atoms in total. The van der Waals surface area contributed by atoms with Gasteiger partial charge in [-0.3, -0.25) is 0 Å². The average Bonchev–Trinajstić information content (AvgIpc) is 2.17. The predicted molar refractivity (Wildman–Crippen MR) is 63.8 cm³/mol. The lowest BCUT2D eigenvalue weighted by Crippen LogP contribution is -2.19. The van der Waals surface area contributed by atoms with Crippen molar-refractivity contribution in [1.82, 2.24) is 0 Å². The van der Waals surface area contributed by atoms with Crippen molar-refractivity contribution in [1.29, 1.82) is 0 Å². The van der Waals surface area contributed by atoms with Crippen LogP contribution < -0.4 is 0 Å². The fourth-order valence-electron chi connectivity index (χ4n) is 1.09. The number of aliphatic hydroxyl groups is 2. The Morgan fingerprint density at radius 2 is 1.60 bits per heavy atom. The summed E-state index contributed by atoms with van der Waals surface area (Å²) in [7, 11) is 0. The summed E-state index contributed by atoms with van der Waals surface area (Å²) in [5, 5.41) is 17.0. The van der Waals surface area contributed by atoms with Crippen LogP contribution in [0.1, 0.15) is 32.8 Å². The Labute approximate surface area is 92.6 Å². The Bertz CT molecular complexity index is 236. The van der Waals surface area contributed by atoms with E-state index in [2.05, 4.69) is 12.1 Å². The van der Waals surface area contributed by atoms with Gasteiger partial charge >= 0.3 is 0 Å². The Morgan fingerprint density at radius 3 is 2.00 bits per heavy atom. The third-order valence-electron chi connectivity index (χ3n) is 1.87. The van der Waals surface area contributed by atoms with Crippen molar-refractivity contribution >= 4 is 0 Å². The van der Waals surface area contributed by atoms with Crippen molar-refractivity contribution in [2.75, 3.05) is 6.61 Å². The quantitative estimate of drug-likeness (QED) is 0.804. The van der Waals surface area contributed by atoms with Gasteiger partial charge in [-0.05, 0) is 39.2 Å². The number of benzene rings is 1. The van der Waals surface area contributed by atoms with E-state index in [0.717, 1.165) is 12.8 Å². The molecule has 0 aliphatic heterocycles. The molecule has 0 unspecified atom stereocenters. The first-order valence-corrected chi connectivity index (χ1v) is 5.36. The highest BCUT2D eigenvalue weighted by Gasteiger charge is 2.11. The summed E-state index contributed by atoms with van der Waals surface area (Å²) in [6, 6.07) is 10.2. The molecule has 1 rings (SSSR count). The largest absolute Gasteiger partial charge is 0.397 e. The lowest BCUT2D eigenvalue weighted by atomic mass is 9.99. The lowest BCUT2D eigenvalue weighted by Gasteiger charge is -2.16. The first-order valence-electron chi connectivity index (χ1n) is 5.36. The highest BCUT2D eigenvalue weighted by molar-refractivity contribution is 5.14. The van der Waals surface area contributed by atoms with E-state index in [0.29, 0.717) is 0 Å². The Morgan fingerprint density at radius 1 is 1.13 bits per heavy atom. The van der Waals surface area contributed by atoms with Crippen LogP contribution in [0.4, 0.5) is 0 Å². The van der Waals surface area contributed by atoms with E-state index in [4.69, 9.17) is 5.11 Å². The minimum atomic E-state index is -0.546. The molecular weight excluding hydrogens is 188 g/mol. The molecule has 0 bridgehead atoms. The average molecular weight is 210 g/mol. The molecule has 1 aromatic carbocycles. The van der Waals surface area contributed by atoms with E-state index in [1.165, 1.54) is 5.56 Å². The summed E-state index contributed by atoms with van der Waals surface area (Å²) < 4.78 is 0. The maximum Gasteiger partial charge on any atom is 0.0594 e. The fraction of sp³-hybridized carbons (Fsp3) is 0.538. The third-order valence-corrected chi connectivity index (χ3v) is 1.87. The zero-order valence-electron chi connectivity index (χ0n) is 9.90. The molecule has 0 radical (unpaired) electrons. The van der Waals surface area contributed by atoms with Crippen LogP contribution in [0.25, 0.3) is 0 Å². The summed E-state index contributed by atoms with van der Waals surface area (Å²) in [4.78, 5) is 0. The first kappa shape index (κ1) is 14.1.